The number of halogens is 29. The molecule has 1 aliphatic rings. The molecule has 0 N–H and O–H groups in total. The zero-order chi connectivity index (χ0) is 36.6. The van der Waals surface area contributed by atoms with E-state index in [1.54, 1.807) is 0 Å². The van der Waals surface area contributed by atoms with Gasteiger partial charge in [-0.15, -0.1) is 0 Å². The molecule has 1 aliphatic carbocycles. The van der Waals surface area contributed by atoms with E-state index in [0.29, 0.717) is 0 Å². The minimum atomic E-state index is -9.87. The topological polar surface area (TPSA) is 0 Å². The monoisotopic (exact) mass is 732 g/mol. The van der Waals surface area contributed by atoms with Gasteiger partial charge in [-0.1, -0.05) is 0 Å². The molecule has 44 heavy (non-hydrogen) atoms. The molecule has 1 rings (SSSR count). The van der Waals surface area contributed by atoms with Crippen molar-refractivity contribution in [3.05, 3.63) is 0 Å². The molecule has 0 radical (unpaired) electrons. The summed E-state index contributed by atoms with van der Waals surface area (Å²) in [5.41, 5.74) is 0. The van der Waals surface area contributed by atoms with E-state index in [-0.39, 0.29) is 0 Å². The van der Waals surface area contributed by atoms with Crippen LogP contribution < -0.4 is 0 Å². The Labute approximate surface area is 218 Å². The molecule has 0 saturated heterocycles. The van der Waals surface area contributed by atoms with E-state index in [2.05, 4.69) is 0 Å². The number of hydrogen-bond donors (Lipinski definition) is 0. The maximum atomic E-state index is 13.6. The van der Waals surface area contributed by atoms with Crippen LogP contribution in [0, 0.1) is 0 Å². The normalized spacial score (nSPS) is 33.8. The van der Waals surface area contributed by atoms with Crippen LogP contribution in [-0.4, -0.2) is 89.1 Å². The first-order chi connectivity index (χ1) is 18.4. The smallest absolute Gasteiger partial charge is 0.234 e. The lowest BCUT2D eigenvalue weighted by atomic mass is 9.84. The summed E-state index contributed by atoms with van der Waals surface area (Å²) in [5.74, 6) is -135. The van der Waals surface area contributed by atoms with Crippen molar-refractivity contribution in [3.63, 3.8) is 0 Å². The fourth-order valence-corrected chi connectivity index (χ4v) is 2.94. The second-order valence-electron chi connectivity index (χ2n) is 8.50. The Morgan fingerprint density at radius 2 is 0.273 bits per heavy atom. The van der Waals surface area contributed by atoms with E-state index in [9.17, 15) is 127 Å². The van der Waals surface area contributed by atoms with Crippen LogP contribution in [0.2, 0.25) is 0 Å². The number of hydrogen-bond acceptors (Lipinski definition) is 0. The third-order valence-electron chi connectivity index (χ3n) is 5.81. The summed E-state index contributed by atoms with van der Waals surface area (Å²) in [6.45, 7) is 0. The highest BCUT2D eigenvalue weighted by atomic mass is 19.4. The summed E-state index contributed by atoms with van der Waals surface area (Å²) in [6.07, 6.45) is -7.97. The minimum Gasteiger partial charge on any atom is -0.234 e. The summed E-state index contributed by atoms with van der Waals surface area (Å²) in [5, 5.41) is 0. The van der Waals surface area contributed by atoms with Crippen molar-refractivity contribution in [1.82, 2.24) is 0 Å². The first-order valence-electron chi connectivity index (χ1n) is 9.34. The molecule has 0 aliphatic heterocycles. The van der Waals surface area contributed by atoms with Gasteiger partial charge in [0.05, 0.1) is 0 Å². The van der Waals surface area contributed by atoms with Crippen LogP contribution in [0.5, 0.6) is 0 Å². The molecule has 0 atom stereocenters. The Bertz CT molecular complexity index is 1020. The van der Waals surface area contributed by atoms with Crippen molar-refractivity contribution in [2.75, 3.05) is 0 Å². The predicted molar refractivity (Wildman–Crippen MR) is 74.2 cm³/mol. The highest BCUT2D eigenvalue weighted by Gasteiger charge is 3.02. The molecule has 0 aromatic carbocycles. The van der Waals surface area contributed by atoms with Crippen molar-refractivity contribution in [3.8, 4) is 0 Å². The first-order valence-corrected chi connectivity index (χ1v) is 9.34. The zero-order valence-electron chi connectivity index (χ0n) is 18.5. The third-order valence-corrected chi connectivity index (χ3v) is 5.81. The average Bonchev–Trinajstić information content (AvgIpc) is 2.80. The molecule has 0 aromatic heterocycles. The Hall–Kier alpha value is -2.03. The summed E-state index contributed by atoms with van der Waals surface area (Å²) in [4.78, 5) is 0. The Morgan fingerprint density at radius 1 is 0.182 bits per heavy atom. The molecule has 0 bridgehead atoms. The Balaban J connectivity index is 4.70. The molecule has 0 heterocycles. The van der Waals surface area contributed by atoms with E-state index in [1.165, 1.54) is 0 Å². The van der Waals surface area contributed by atoms with Gasteiger partial charge in [0.2, 0.25) is 6.17 Å². The van der Waals surface area contributed by atoms with E-state index >= 15 is 0 Å². The van der Waals surface area contributed by atoms with E-state index in [0.717, 1.165) is 0 Å². The number of alkyl halides is 29. The maximum Gasteiger partial charge on any atom is 0.385 e. The molecule has 0 amide bonds. The molecule has 0 unspecified atom stereocenters. The maximum absolute atomic E-state index is 13.6. The highest BCUT2D eigenvalue weighted by Crippen LogP contribution is 2.70. The Kier molecular flexibility index (Phi) is 8.24. The van der Waals surface area contributed by atoms with Crippen LogP contribution in [0.25, 0.3) is 0 Å². The lowest BCUT2D eigenvalue weighted by molar-refractivity contribution is -0.481. The average molecular weight is 732 g/mol. The lowest BCUT2D eigenvalue weighted by Gasteiger charge is -2.45. The fourth-order valence-electron chi connectivity index (χ4n) is 2.94. The van der Waals surface area contributed by atoms with Crippen molar-refractivity contribution in [2.45, 2.75) is 89.1 Å². The zero-order valence-corrected chi connectivity index (χ0v) is 18.5. The van der Waals surface area contributed by atoms with Gasteiger partial charge in [0.25, 0.3) is 0 Å². The van der Waals surface area contributed by atoms with Gasteiger partial charge >= 0.3 is 82.9 Å². The molecule has 29 heteroatoms. The fraction of sp³-hybridized carbons (Fsp3) is 1.00. The van der Waals surface area contributed by atoms with Crippen LogP contribution in [0.3, 0.4) is 0 Å². The summed E-state index contributed by atoms with van der Waals surface area (Å²) in [7, 11) is 0. The largest absolute Gasteiger partial charge is 0.385 e. The van der Waals surface area contributed by atoms with Gasteiger partial charge in [-0.3, -0.25) is 0 Å². The van der Waals surface area contributed by atoms with Crippen LogP contribution in [0.4, 0.5) is 127 Å². The molecule has 0 spiro atoms. The van der Waals surface area contributed by atoms with E-state index < -0.39 is 89.1 Å². The third kappa shape index (κ3) is 3.77. The molecule has 1 fully saturated rings. The summed E-state index contributed by atoms with van der Waals surface area (Å²) in [6, 6.07) is 0. The summed E-state index contributed by atoms with van der Waals surface area (Å²) < 4.78 is 394. The van der Waals surface area contributed by atoms with Gasteiger partial charge in [-0.2, -0.15) is 123 Å². The van der Waals surface area contributed by atoms with Gasteiger partial charge in [-0.05, 0) is 0 Å². The van der Waals surface area contributed by atoms with E-state index in [4.69, 9.17) is 0 Å². The molecule has 0 aromatic rings. The molecule has 264 valence electrons. The van der Waals surface area contributed by atoms with Crippen LogP contribution >= 0.6 is 0 Å². The van der Waals surface area contributed by atoms with Gasteiger partial charge in [0.1, 0.15) is 0 Å². The molecule has 1 saturated carbocycles. The summed E-state index contributed by atoms with van der Waals surface area (Å²) >= 11 is 0. The standard InChI is InChI=1S/C15HF29/c16-1-2(17,18)4(21,22)6(25,26)8(29,30)10(33,34)12(37,38)14(41,42)15(43,44)13(39,40)11(35,36)9(31,32)7(27,28)5(23,24)3(1,19)20/h1H. The van der Waals surface area contributed by atoms with Crippen molar-refractivity contribution >= 4 is 0 Å². The minimum absolute atomic E-state index is 7.97. The van der Waals surface area contributed by atoms with E-state index in [1.807, 2.05) is 0 Å². The SMILES string of the molecule is FC1C(F)(F)C(F)(F)C(F)(F)C(F)(F)C(F)(F)C(F)(F)C(F)(F)C(F)(F)C(F)(F)C(F)(F)C(F)(F)C(F)(F)C(F)(F)C1(F)F. The molecular weight excluding hydrogens is 731 g/mol. The predicted octanol–water partition coefficient (Wildman–Crippen LogP) is 9.23. The Morgan fingerprint density at radius 3 is 0.386 bits per heavy atom. The van der Waals surface area contributed by atoms with Crippen LogP contribution in [0.1, 0.15) is 0 Å². The quantitative estimate of drug-likeness (QED) is 0.218. The second-order valence-corrected chi connectivity index (χ2v) is 8.50. The molecular formula is C15HF29. The van der Waals surface area contributed by atoms with Gasteiger partial charge < -0.3 is 0 Å². The molecule has 0 nitrogen and oxygen atoms in total. The van der Waals surface area contributed by atoms with Gasteiger partial charge in [0, 0.05) is 0 Å². The van der Waals surface area contributed by atoms with Crippen LogP contribution in [-0.2, 0) is 0 Å². The van der Waals surface area contributed by atoms with Gasteiger partial charge in [0.15, 0.2) is 0 Å². The number of rotatable bonds is 0. The second kappa shape index (κ2) is 9.07. The van der Waals surface area contributed by atoms with Crippen LogP contribution in [0.15, 0.2) is 0 Å². The lowest BCUT2D eigenvalue weighted by Crippen LogP contribution is -2.78. The first kappa shape index (κ1) is 40.0. The van der Waals surface area contributed by atoms with Gasteiger partial charge in [-0.25, -0.2) is 4.39 Å². The van der Waals surface area contributed by atoms with Crippen molar-refractivity contribution < 1.29 is 127 Å². The van der Waals surface area contributed by atoms with Crippen molar-refractivity contribution in [1.29, 1.82) is 0 Å². The highest BCUT2D eigenvalue weighted by molar-refractivity contribution is 5.23. The van der Waals surface area contributed by atoms with Crippen molar-refractivity contribution in [2.24, 2.45) is 0 Å².